The summed E-state index contributed by atoms with van der Waals surface area (Å²) in [6.45, 7) is 0.192. The topological polar surface area (TPSA) is 94.3 Å². The maximum absolute atomic E-state index is 12.2. The number of ether oxygens (including phenoxy) is 1. The Kier molecular flexibility index (Phi) is 4.21. The molecule has 2 rings (SSSR count). The van der Waals surface area contributed by atoms with Gasteiger partial charge < -0.3 is 10.5 Å². The third kappa shape index (κ3) is 3.25. The Morgan fingerprint density at radius 3 is 2.60 bits per heavy atom. The molecule has 0 saturated heterocycles. The van der Waals surface area contributed by atoms with Crippen molar-refractivity contribution in [1.82, 2.24) is 9.71 Å². The van der Waals surface area contributed by atoms with Gasteiger partial charge in [0.1, 0.15) is 5.75 Å². The minimum Gasteiger partial charge on any atom is -0.495 e. The number of benzene rings is 1. The van der Waals surface area contributed by atoms with Crippen LogP contribution < -0.4 is 15.2 Å². The fourth-order valence-corrected chi connectivity index (χ4v) is 2.65. The molecule has 0 spiro atoms. The summed E-state index contributed by atoms with van der Waals surface area (Å²) in [5, 5.41) is 0. The number of nitrogen functional groups attached to an aromatic ring is 1. The Morgan fingerprint density at radius 2 is 1.95 bits per heavy atom. The number of nitrogens with zero attached hydrogens (tertiary/aromatic N) is 1. The molecule has 0 bridgehead atoms. The van der Waals surface area contributed by atoms with Crippen LogP contribution in [0.5, 0.6) is 5.75 Å². The van der Waals surface area contributed by atoms with E-state index in [4.69, 9.17) is 10.5 Å². The van der Waals surface area contributed by atoms with Crippen molar-refractivity contribution in [3.05, 3.63) is 48.3 Å². The second kappa shape index (κ2) is 5.89. The third-order valence-corrected chi connectivity index (χ3v) is 4.13. The van der Waals surface area contributed by atoms with Gasteiger partial charge in [0.25, 0.3) is 0 Å². The van der Waals surface area contributed by atoms with E-state index < -0.39 is 10.0 Å². The Balaban J connectivity index is 2.18. The molecule has 106 valence electrons. The van der Waals surface area contributed by atoms with Crippen LogP contribution in [0.4, 0.5) is 5.69 Å². The molecule has 6 nitrogen and oxygen atoms in total. The lowest BCUT2D eigenvalue weighted by Gasteiger charge is -2.09. The summed E-state index contributed by atoms with van der Waals surface area (Å²) in [6, 6.07) is 7.81. The third-order valence-electron chi connectivity index (χ3n) is 2.73. The molecule has 0 unspecified atom stereocenters. The first kappa shape index (κ1) is 14.3. The van der Waals surface area contributed by atoms with Crippen LogP contribution in [0.25, 0.3) is 0 Å². The highest BCUT2D eigenvalue weighted by Gasteiger charge is 2.15. The molecule has 0 saturated carbocycles. The lowest BCUT2D eigenvalue weighted by molar-refractivity contribution is 0.415. The molecule has 3 N–H and O–H groups in total. The van der Waals surface area contributed by atoms with E-state index in [1.165, 1.54) is 25.3 Å². The first-order valence-corrected chi connectivity index (χ1v) is 7.33. The zero-order valence-electron chi connectivity index (χ0n) is 10.9. The van der Waals surface area contributed by atoms with Gasteiger partial charge in [0.15, 0.2) is 0 Å². The molecule has 0 radical (unpaired) electrons. The number of hydrogen-bond donors (Lipinski definition) is 2. The van der Waals surface area contributed by atoms with E-state index >= 15 is 0 Å². The Hall–Kier alpha value is -2.12. The van der Waals surface area contributed by atoms with Gasteiger partial charge in [-0.15, -0.1) is 0 Å². The second-order valence-electron chi connectivity index (χ2n) is 4.08. The van der Waals surface area contributed by atoms with Crippen LogP contribution in [0.2, 0.25) is 0 Å². The molecule has 0 fully saturated rings. The lowest BCUT2D eigenvalue weighted by atomic mass is 10.3. The summed E-state index contributed by atoms with van der Waals surface area (Å²) in [4.78, 5) is 3.98. The fourth-order valence-electron chi connectivity index (χ4n) is 1.62. The molecular weight excluding hydrogens is 278 g/mol. The maximum atomic E-state index is 12.2. The Morgan fingerprint density at radius 1 is 1.25 bits per heavy atom. The van der Waals surface area contributed by atoms with Crippen LogP contribution in [-0.2, 0) is 16.6 Å². The molecule has 0 aliphatic heterocycles. The molecule has 1 aromatic carbocycles. The van der Waals surface area contributed by atoms with E-state index in [1.54, 1.807) is 24.5 Å². The summed E-state index contributed by atoms with van der Waals surface area (Å²) in [6.07, 6.45) is 3.21. The monoisotopic (exact) mass is 293 g/mol. The van der Waals surface area contributed by atoms with E-state index in [1.807, 2.05) is 0 Å². The van der Waals surface area contributed by atoms with E-state index in [0.29, 0.717) is 11.4 Å². The average Bonchev–Trinajstić information content (AvgIpc) is 2.46. The summed E-state index contributed by atoms with van der Waals surface area (Å²) < 4.78 is 31.9. The molecule has 0 aliphatic rings. The predicted octanol–water partition coefficient (Wildman–Crippen LogP) is 1.15. The van der Waals surface area contributed by atoms with Crippen LogP contribution in [-0.4, -0.2) is 20.5 Å². The van der Waals surface area contributed by atoms with Gasteiger partial charge in [-0.05, 0) is 29.8 Å². The highest BCUT2D eigenvalue weighted by molar-refractivity contribution is 7.89. The summed E-state index contributed by atoms with van der Waals surface area (Å²) in [5.74, 6) is 0.330. The number of methoxy groups -OCH3 is 1. The number of pyridine rings is 1. The van der Waals surface area contributed by atoms with E-state index in [9.17, 15) is 8.42 Å². The summed E-state index contributed by atoms with van der Waals surface area (Å²) >= 11 is 0. The number of anilines is 1. The Bertz CT molecular complexity index is 687. The van der Waals surface area contributed by atoms with Crippen LogP contribution >= 0.6 is 0 Å². The van der Waals surface area contributed by atoms with Crippen LogP contribution in [0.1, 0.15) is 5.56 Å². The van der Waals surface area contributed by atoms with Gasteiger partial charge in [-0.25, -0.2) is 13.1 Å². The van der Waals surface area contributed by atoms with Crippen molar-refractivity contribution in [3.8, 4) is 5.75 Å². The predicted molar refractivity (Wildman–Crippen MR) is 75.7 cm³/mol. The van der Waals surface area contributed by atoms with Crippen molar-refractivity contribution in [1.29, 1.82) is 0 Å². The molecule has 2 aromatic rings. The quantitative estimate of drug-likeness (QED) is 0.806. The van der Waals surface area contributed by atoms with Gasteiger partial charge in [-0.1, -0.05) is 0 Å². The number of aromatic nitrogens is 1. The number of sulfonamides is 1. The van der Waals surface area contributed by atoms with Crippen molar-refractivity contribution in [3.63, 3.8) is 0 Å². The van der Waals surface area contributed by atoms with Crippen LogP contribution in [0.15, 0.2) is 47.6 Å². The molecule has 0 aliphatic carbocycles. The van der Waals surface area contributed by atoms with Gasteiger partial charge in [-0.3, -0.25) is 4.98 Å². The fraction of sp³-hybridized carbons (Fsp3) is 0.154. The molecule has 0 amide bonds. The van der Waals surface area contributed by atoms with Gasteiger partial charge in [-0.2, -0.15) is 0 Å². The minimum absolute atomic E-state index is 0.109. The zero-order chi connectivity index (χ0) is 14.6. The molecule has 1 aromatic heterocycles. The standard InChI is InChI=1S/C13H15N3O3S/c1-19-13-8-11(2-3-12(13)14)20(17,18)16-9-10-4-6-15-7-5-10/h2-8,16H,9,14H2,1H3. The van der Waals surface area contributed by atoms with Crippen molar-refractivity contribution in [2.45, 2.75) is 11.4 Å². The molecule has 7 heteroatoms. The second-order valence-corrected chi connectivity index (χ2v) is 5.85. The van der Waals surface area contributed by atoms with Gasteiger partial charge in [0, 0.05) is 25.0 Å². The average molecular weight is 293 g/mol. The number of rotatable bonds is 5. The number of nitrogens with one attached hydrogen (secondary N) is 1. The largest absolute Gasteiger partial charge is 0.495 e. The minimum atomic E-state index is -3.61. The highest BCUT2D eigenvalue weighted by Crippen LogP contribution is 2.24. The lowest BCUT2D eigenvalue weighted by Crippen LogP contribution is -2.23. The number of hydrogen-bond acceptors (Lipinski definition) is 5. The molecular formula is C13H15N3O3S. The van der Waals surface area contributed by atoms with Crippen molar-refractivity contribution in [2.24, 2.45) is 0 Å². The van der Waals surface area contributed by atoms with Crippen molar-refractivity contribution in [2.75, 3.05) is 12.8 Å². The van der Waals surface area contributed by atoms with Crippen LogP contribution in [0, 0.1) is 0 Å². The molecule has 1 heterocycles. The van der Waals surface area contributed by atoms with Gasteiger partial charge >= 0.3 is 0 Å². The first-order valence-electron chi connectivity index (χ1n) is 5.85. The van der Waals surface area contributed by atoms with Gasteiger partial charge in [0.05, 0.1) is 17.7 Å². The van der Waals surface area contributed by atoms with Crippen molar-refractivity contribution < 1.29 is 13.2 Å². The van der Waals surface area contributed by atoms with Crippen molar-refractivity contribution >= 4 is 15.7 Å². The molecule has 0 atom stereocenters. The summed E-state index contributed by atoms with van der Waals surface area (Å²) in [5.41, 5.74) is 6.88. The Labute approximate surface area is 117 Å². The first-order chi connectivity index (χ1) is 9.53. The van der Waals surface area contributed by atoms with E-state index in [2.05, 4.69) is 9.71 Å². The normalized spacial score (nSPS) is 11.2. The maximum Gasteiger partial charge on any atom is 0.241 e. The zero-order valence-corrected chi connectivity index (χ0v) is 11.7. The van der Waals surface area contributed by atoms with E-state index in [-0.39, 0.29) is 11.4 Å². The summed E-state index contributed by atoms with van der Waals surface area (Å²) in [7, 11) is -2.18. The van der Waals surface area contributed by atoms with Crippen LogP contribution in [0.3, 0.4) is 0 Å². The van der Waals surface area contributed by atoms with E-state index in [0.717, 1.165) is 5.56 Å². The SMILES string of the molecule is COc1cc(S(=O)(=O)NCc2ccncc2)ccc1N. The molecule has 20 heavy (non-hydrogen) atoms. The highest BCUT2D eigenvalue weighted by atomic mass is 32.2. The smallest absolute Gasteiger partial charge is 0.241 e. The number of nitrogens with two attached hydrogens (primary N) is 1. The van der Waals surface area contributed by atoms with Gasteiger partial charge in [0.2, 0.25) is 10.0 Å².